The number of imide groups is 1. The van der Waals surface area contributed by atoms with Gasteiger partial charge in [0.2, 0.25) is 0 Å². The molecular formula is C24H25NO5. The molecule has 0 atom stereocenters. The summed E-state index contributed by atoms with van der Waals surface area (Å²) in [6.07, 6.45) is 3.38. The lowest BCUT2D eigenvalue weighted by Crippen LogP contribution is -2.31. The second-order valence-electron chi connectivity index (χ2n) is 7.99. The van der Waals surface area contributed by atoms with Crippen LogP contribution in [0.25, 0.3) is 0 Å². The van der Waals surface area contributed by atoms with Crippen molar-refractivity contribution < 1.29 is 24.2 Å². The number of rotatable bonds is 7. The molecule has 0 unspecified atom stereocenters. The van der Waals surface area contributed by atoms with Crippen molar-refractivity contribution in [3.63, 3.8) is 0 Å². The van der Waals surface area contributed by atoms with E-state index < -0.39 is 0 Å². The van der Waals surface area contributed by atoms with Crippen LogP contribution in [0.2, 0.25) is 0 Å². The van der Waals surface area contributed by atoms with E-state index in [2.05, 4.69) is 0 Å². The number of Topliss-reactive ketones (excluding diaryl/α,β-unsaturated/α-hetero) is 1. The van der Waals surface area contributed by atoms with Gasteiger partial charge < -0.3 is 9.84 Å². The zero-order valence-electron chi connectivity index (χ0n) is 16.8. The molecule has 6 nitrogen and oxygen atoms in total. The molecule has 1 N–H and O–H groups in total. The highest BCUT2D eigenvalue weighted by molar-refractivity contribution is 6.21. The van der Waals surface area contributed by atoms with Gasteiger partial charge in [0.25, 0.3) is 11.8 Å². The van der Waals surface area contributed by atoms with Gasteiger partial charge in [-0.2, -0.15) is 0 Å². The summed E-state index contributed by atoms with van der Waals surface area (Å²) in [6, 6.07) is 13.7. The van der Waals surface area contributed by atoms with Gasteiger partial charge in [0.1, 0.15) is 5.75 Å². The van der Waals surface area contributed by atoms with E-state index in [0.29, 0.717) is 35.0 Å². The number of amides is 2. The van der Waals surface area contributed by atoms with Crippen molar-refractivity contribution in [1.82, 2.24) is 4.90 Å². The van der Waals surface area contributed by atoms with E-state index in [1.807, 2.05) is 6.07 Å². The molecule has 30 heavy (non-hydrogen) atoms. The Hall–Kier alpha value is -2.99. The van der Waals surface area contributed by atoms with E-state index in [4.69, 9.17) is 4.74 Å². The molecule has 156 valence electrons. The maximum Gasteiger partial charge on any atom is 0.261 e. The zero-order chi connectivity index (χ0) is 21.1. The van der Waals surface area contributed by atoms with Crippen LogP contribution in [0.1, 0.15) is 63.2 Å². The number of nitrogens with zero attached hydrogens (tertiary/aromatic N) is 1. The van der Waals surface area contributed by atoms with Crippen molar-refractivity contribution in [3.8, 4) is 5.75 Å². The van der Waals surface area contributed by atoms with Crippen LogP contribution in [-0.4, -0.2) is 46.9 Å². The molecule has 0 aromatic heterocycles. The Kier molecular flexibility index (Phi) is 5.95. The summed E-state index contributed by atoms with van der Waals surface area (Å²) in [5.74, 6) is 0.211. The third-order valence-corrected chi connectivity index (χ3v) is 5.90. The molecule has 2 aromatic carbocycles. The number of ketones is 1. The third kappa shape index (κ3) is 4.28. The van der Waals surface area contributed by atoms with Crippen LogP contribution in [0, 0.1) is 5.92 Å². The minimum atomic E-state index is -0.349. The van der Waals surface area contributed by atoms with Crippen molar-refractivity contribution >= 4 is 17.6 Å². The summed E-state index contributed by atoms with van der Waals surface area (Å²) in [4.78, 5) is 38.6. The molecule has 1 aliphatic heterocycles. The first-order chi connectivity index (χ1) is 14.5. The summed E-state index contributed by atoms with van der Waals surface area (Å²) >= 11 is 0. The number of aliphatic hydroxyl groups is 1. The van der Waals surface area contributed by atoms with Crippen LogP contribution >= 0.6 is 0 Å². The Balaban J connectivity index is 1.33. The Labute approximate surface area is 175 Å². The lowest BCUT2D eigenvalue weighted by molar-refractivity contribution is 0.0649. The monoisotopic (exact) mass is 407 g/mol. The summed E-state index contributed by atoms with van der Waals surface area (Å²) in [7, 11) is 0. The van der Waals surface area contributed by atoms with Crippen LogP contribution in [0.5, 0.6) is 5.75 Å². The Morgan fingerprint density at radius 2 is 1.63 bits per heavy atom. The average Bonchev–Trinajstić information content (AvgIpc) is 3.02. The van der Waals surface area contributed by atoms with Crippen molar-refractivity contribution in [1.29, 1.82) is 0 Å². The van der Waals surface area contributed by atoms with E-state index in [1.165, 1.54) is 0 Å². The fourth-order valence-electron chi connectivity index (χ4n) is 4.08. The molecule has 1 heterocycles. The highest BCUT2D eigenvalue weighted by Gasteiger charge is 2.35. The van der Waals surface area contributed by atoms with E-state index in [1.54, 1.807) is 42.5 Å². The van der Waals surface area contributed by atoms with E-state index in [-0.39, 0.29) is 36.7 Å². The predicted octanol–water partition coefficient (Wildman–Crippen LogP) is 3.49. The molecular weight excluding hydrogens is 382 g/mol. The lowest BCUT2D eigenvalue weighted by atomic mass is 9.88. The number of hydrogen-bond donors (Lipinski definition) is 1. The number of aliphatic hydroxyl groups excluding tert-OH is 1. The highest BCUT2D eigenvalue weighted by atomic mass is 16.5. The van der Waals surface area contributed by atoms with Crippen molar-refractivity contribution in [3.05, 3.63) is 65.2 Å². The molecule has 2 aromatic rings. The van der Waals surface area contributed by atoms with E-state index in [0.717, 1.165) is 30.6 Å². The molecule has 0 bridgehead atoms. The highest BCUT2D eigenvalue weighted by Crippen LogP contribution is 2.26. The van der Waals surface area contributed by atoms with Crippen LogP contribution in [0.15, 0.2) is 48.5 Å². The average molecular weight is 407 g/mol. The van der Waals surface area contributed by atoms with Gasteiger partial charge in [0.15, 0.2) is 5.78 Å². The Morgan fingerprint density at radius 3 is 2.30 bits per heavy atom. The molecule has 1 aliphatic carbocycles. The molecule has 0 radical (unpaired) electrons. The van der Waals surface area contributed by atoms with Crippen LogP contribution in [0.3, 0.4) is 0 Å². The lowest BCUT2D eigenvalue weighted by Gasteiger charge is -2.25. The molecule has 0 saturated heterocycles. The minimum Gasteiger partial charge on any atom is -0.493 e. The van der Waals surface area contributed by atoms with E-state index in [9.17, 15) is 19.5 Å². The summed E-state index contributed by atoms with van der Waals surface area (Å²) in [6.45, 7) is 0.625. The number of carbonyl (C=O) groups excluding carboxylic acids is 3. The minimum absolute atomic E-state index is 0.0562. The van der Waals surface area contributed by atoms with Crippen LogP contribution in [-0.2, 0) is 0 Å². The van der Waals surface area contributed by atoms with Crippen LogP contribution < -0.4 is 4.74 Å². The maximum atomic E-state index is 12.6. The quantitative estimate of drug-likeness (QED) is 0.561. The van der Waals surface area contributed by atoms with Gasteiger partial charge in [0.05, 0.1) is 23.8 Å². The SMILES string of the molecule is O=C(CCN1C(=O)c2ccccc2C1=O)c1cccc(OC[C@H]2CC[C@@H](O)CC2)c1. The van der Waals surface area contributed by atoms with Gasteiger partial charge in [-0.1, -0.05) is 24.3 Å². The van der Waals surface area contributed by atoms with Crippen molar-refractivity contribution in [2.75, 3.05) is 13.2 Å². The topological polar surface area (TPSA) is 83.9 Å². The first-order valence-electron chi connectivity index (χ1n) is 10.4. The number of fused-ring (bicyclic) bond motifs is 1. The molecule has 6 heteroatoms. The Bertz CT molecular complexity index is 927. The first-order valence-corrected chi connectivity index (χ1v) is 10.4. The Morgan fingerprint density at radius 1 is 0.967 bits per heavy atom. The smallest absolute Gasteiger partial charge is 0.261 e. The van der Waals surface area contributed by atoms with E-state index >= 15 is 0 Å². The third-order valence-electron chi connectivity index (χ3n) is 5.90. The molecule has 1 fully saturated rings. The second-order valence-corrected chi connectivity index (χ2v) is 7.99. The summed E-state index contributed by atoms with van der Waals surface area (Å²) < 4.78 is 5.87. The number of hydrogen-bond acceptors (Lipinski definition) is 5. The number of carbonyl (C=O) groups is 3. The fraction of sp³-hybridized carbons (Fsp3) is 0.375. The predicted molar refractivity (Wildman–Crippen MR) is 111 cm³/mol. The molecule has 4 rings (SSSR count). The van der Waals surface area contributed by atoms with Gasteiger partial charge >= 0.3 is 0 Å². The van der Waals surface area contributed by atoms with Crippen molar-refractivity contribution in [2.45, 2.75) is 38.2 Å². The second kappa shape index (κ2) is 8.79. The first kappa shape index (κ1) is 20.3. The van der Waals surface area contributed by atoms with Gasteiger partial charge in [-0.05, 0) is 55.9 Å². The standard InChI is InChI=1S/C24H25NO5/c26-18-10-8-16(9-11-18)15-30-19-5-3-4-17(14-19)22(27)12-13-25-23(28)20-6-1-2-7-21(20)24(25)29/h1-7,14,16,18,26H,8-13,15H2/t16-,18+. The number of ether oxygens (including phenoxy) is 1. The van der Waals surface area contributed by atoms with Gasteiger partial charge in [-0.3, -0.25) is 19.3 Å². The largest absolute Gasteiger partial charge is 0.493 e. The molecule has 2 amide bonds. The molecule has 1 saturated carbocycles. The summed E-state index contributed by atoms with van der Waals surface area (Å²) in [5, 5.41) is 9.60. The fourth-order valence-corrected chi connectivity index (χ4v) is 4.08. The zero-order valence-corrected chi connectivity index (χ0v) is 16.8. The van der Waals surface area contributed by atoms with Gasteiger partial charge in [-0.25, -0.2) is 0 Å². The normalized spacial score (nSPS) is 20.9. The van der Waals surface area contributed by atoms with Crippen LogP contribution in [0.4, 0.5) is 0 Å². The number of benzene rings is 2. The summed E-state index contributed by atoms with van der Waals surface area (Å²) in [5.41, 5.74) is 1.28. The molecule has 0 spiro atoms. The van der Waals surface area contributed by atoms with Gasteiger partial charge in [0, 0.05) is 18.5 Å². The van der Waals surface area contributed by atoms with Crippen molar-refractivity contribution in [2.24, 2.45) is 5.92 Å². The van der Waals surface area contributed by atoms with Gasteiger partial charge in [-0.15, -0.1) is 0 Å². The molecule has 2 aliphatic rings. The maximum absolute atomic E-state index is 12.6.